The van der Waals surface area contributed by atoms with Gasteiger partial charge in [-0.25, -0.2) is 9.97 Å². The first-order chi connectivity index (χ1) is 6.75. The zero-order valence-electron chi connectivity index (χ0n) is 8.48. The molecule has 4 heteroatoms. The first-order valence-electron chi connectivity index (χ1n) is 5.06. The first-order valence-corrected chi connectivity index (χ1v) is 5.06. The maximum Gasteiger partial charge on any atom is 0.132 e. The first kappa shape index (κ1) is 9.40. The van der Waals surface area contributed by atoms with Gasteiger partial charge < -0.3 is 10.6 Å². The Morgan fingerprint density at radius 2 is 2.43 bits per heavy atom. The van der Waals surface area contributed by atoms with Gasteiger partial charge in [0.05, 0.1) is 0 Å². The lowest BCUT2D eigenvalue weighted by Crippen LogP contribution is -2.43. The minimum absolute atomic E-state index is 0.291. The van der Waals surface area contributed by atoms with Crippen LogP contribution >= 0.6 is 0 Å². The van der Waals surface area contributed by atoms with E-state index in [-0.39, 0.29) is 0 Å². The van der Waals surface area contributed by atoms with E-state index in [1.807, 2.05) is 13.0 Å². The molecular formula is C10H16N4. The van der Waals surface area contributed by atoms with Gasteiger partial charge in [0.25, 0.3) is 0 Å². The topological polar surface area (TPSA) is 55.0 Å². The Kier molecular flexibility index (Phi) is 2.63. The van der Waals surface area contributed by atoms with Crippen LogP contribution < -0.4 is 10.6 Å². The number of nitrogens with zero attached hydrogens (tertiary/aromatic N) is 3. The molecule has 0 amide bonds. The minimum Gasteiger partial charge on any atom is -0.355 e. The predicted octanol–water partition coefficient (Wildman–Crippen LogP) is 0.713. The fraction of sp³-hybridized carbons (Fsp3) is 0.600. The molecule has 1 fully saturated rings. The number of aromatic nitrogens is 2. The highest BCUT2D eigenvalue weighted by atomic mass is 15.2. The highest BCUT2D eigenvalue weighted by Crippen LogP contribution is 2.16. The SMILES string of the molecule is Cc1nccc(N2CCCC(N)C2)n1. The van der Waals surface area contributed by atoms with Crippen molar-refractivity contribution in [1.82, 2.24) is 9.97 Å². The summed E-state index contributed by atoms with van der Waals surface area (Å²) in [7, 11) is 0. The molecule has 1 aliphatic heterocycles. The Hall–Kier alpha value is -1.16. The van der Waals surface area contributed by atoms with Crippen LogP contribution in [0.25, 0.3) is 0 Å². The van der Waals surface area contributed by atoms with Crippen molar-refractivity contribution in [3.05, 3.63) is 18.1 Å². The van der Waals surface area contributed by atoms with Gasteiger partial charge in [0.1, 0.15) is 11.6 Å². The Labute approximate surface area is 84.2 Å². The van der Waals surface area contributed by atoms with Crippen LogP contribution in [0.1, 0.15) is 18.7 Å². The van der Waals surface area contributed by atoms with Crippen molar-refractivity contribution in [3.8, 4) is 0 Å². The third-order valence-electron chi connectivity index (χ3n) is 2.54. The molecule has 2 rings (SSSR count). The molecule has 1 aliphatic rings. The summed E-state index contributed by atoms with van der Waals surface area (Å²) >= 11 is 0. The van der Waals surface area contributed by atoms with Gasteiger partial charge >= 0.3 is 0 Å². The molecule has 0 aromatic carbocycles. The number of rotatable bonds is 1. The van der Waals surface area contributed by atoms with E-state index in [2.05, 4.69) is 14.9 Å². The molecule has 0 spiro atoms. The van der Waals surface area contributed by atoms with E-state index in [1.54, 1.807) is 6.20 Å². The van der Waals surface area contributed by atoms with Crippen molar-refractivity contribution in [3.63, 3.8) is 0 Å². The number of hydrogen-bond donors (Lipinski definition) is 1. The Balaban J connectivity index is 2.14. The van der Waals surface area contributed by atoms with Crippen LogP contribution in [0.3, 0.4) is 0 Å². The second-order valence-corrected chi connectivity index (χ2v) is 3.81. The van der Waals surface area contributed by atoms with Crippen molar-refractivity contribution in [1.29, 1.82) is 0 Å². The van der Waals surface area contributed by atoms with Crippen LogP contribution in [0.4, 0.5) is 5.82 Å². The average Bonchev–Trinajstić information content (AvgIpc) is 2.18. The van der Waals surface area contributed by atoms with Crippen molar-refractivity contribution < 1.29 is 0 Å². The number of piperidine rings is 1. The van der Waals surface area contributed by atoms with Crippen LogP contribution in [0.2, 0.25) is 0 Å². The van der Waals surface area contributed by atoms with E-state index in [0.717, 1.165) is 37.6 Å². The number of aryl methyl sites for hydroxylation is 1. The summed E-state index contributed by atoms with van der Waals surface area (Å²) in [6.07, 6.45) is 4.09. The van der Waals surface area contributed by atoms with Gasteiger partial charge in [-0.3, -0.25) is 0 Å². The van der Waals surface area contributed by atoms with Gasteiger partial charge in [0.2, 0.25) is 0 Å². The van der Waals surface area contributed by atoms with Crippen molar-refractivity contribution in [2.75, 3.05) is 18.0 Å². The van der Waals surface area contributed by atoms with Gasteiger partial charge in [-0.05, 0) is 25.8 Å². The molecular weight excluding hydrogens is 176 g/mol. The number of hydrogen-bond acceptors (Lipinski definition) is 4. The molecule has 0 saturated carbocycles. The molecule has 1 atom stereocenters. The van der Waals surface area contributed by atoms with E-state index in [4.69, 9.17) is 5.73 Å². The summed E-state index contributed by atoms with van der Waals surface area (Å²) in [4.78, 5) is 10.7. The molecule has 4 nitrogen and oxygen atoms in total. The lowest BCUT2D eigenvalue weighted by molar-refractivity contribution is 0.502. The molecule has 1 unspecified atom stereocenters. The van der Waals surface area contributed by atoms with Crippen molar-refractivity contribution in [2.45, 2.75) is 25.8 Å². The van der Waals surface area contributed by atoms with E-state index in [9.17, 15) is 0 Å². The molecule has 1 aromatic rings. The Bertz CT molecular complexity index is 313. The maximum absolute atomic E-state index is 5.92. The summed E-state index contributed by atoms with van der Waals surface area (Å²) < 4.78 is 0. The molecule has 0 aliphatic carbocycles. The second-order valence-electron chi connectivity index (χ2n) is 3.81. The second kappa shape index (κ2) is 3.92. The number of nitrogens with two attached hydrogens (primary N) is 1. The summed E-state index contributed by atoms with van der Waals surface area (Å²) in [5, 5.41) is 0. The molecule has 0 bridgehead atoms. The molecule has 2 heterocycles. The maximum atomic E-state index is 5.92. The van der Waals surface area contributed by atoms with Gasteiger partial charge in [0.15, 0.2) is 0 Å². The van der Waals surface area contributed by atoms with Crippen molar-refractivity contribution >= 4 is 5.82 Å². The standard InChI is InChI=1S/C10H16N4/c1-8-12-5-4-10(13-8)14-6-2-3-9(11)7-14/h4-5,9H,2-3,6-7,11H2,1H3. The fourth-order valence-electron chi connectivity index (χ4n) is 1.84. The summed E-state index contributed by atoms with van der Waals surface area (Å²) in [5.74, 6) is 1.83. The summed E-state index contributed by atoms with van der Waals surface area (Å²) in [6.45, 7) is 3.88. The van der Waals surface area contributed by atoms with Crippen molar-refractivity contribution in [2.24, 2.45) is 5.73 Å². The summed E-state index contributed by atoms with van der Waals surface area (Å²) in [6, 6.07) is 2.24. The zero-order valence-corrected chi connectivity index (χ0v) is 8.48. The van der Waals surface area contributed by atoms with Gasteiger partial charge in [-0.2, -0.15) is 0 Å². The molecule has 1 aromatic heterocycles. The molecule has 76 valence electrons. The van der Waals surface area contributed by atoms with Crippen LogP contribution in [0.5, 0.6) is 0 Å². The smallest absolute Gasteiger partial charge is 0.132 e. The monoisotopic (exact) mass is 192 g/mol. The Morgan fingerprint density at radius 3 is 3.14 bits per heavy atom. The molecule has 0 radical (unpaired) electrons. The zero-order chi connectivity index (χ0) is 9.97. The van der Waals surface area contributed by atoms with E-state index >= 15 is 0 Å². The summed E-state index contributed by atoms with van der Waals surface area (Å²) in [5.41, 5.74) is 5.92. The lowest BCUT2D eigenvalue weighted by Gasteiger charge is -2.31. The fourth-order valence-corrected chi connectivity index (χ4v) is 1.84. The normalized spacial score (nSPS) is 22.4. The van der Waals surface area contributed by atoms with E-state index in [0.29, 0.717) is 6.04 Å². The van der Waals surface area contributed by atoms with Crippen LogP contribution in [0, 0.1) is 6.92 Å². The molecule has 2 N–H and O–H groups in total. The van der Waals surface area contributed by atoms with Gasteiger partial charge in [0, 0.05) is 25.3 Å². The third-order valence-corrected chi connectivity index (χ3v) is 2.54. The quantitative estimate of drug-likeness (QED) is 0.712. The minimum atomic E-state index is 0.291. The largest absolute Gasteiger partial charge is 0.355 e. The van der Waals surface area contributed by atoms with Crippen LogP contribution in [-0.4, -0.2) is 29.1 Å². The van der Waals surface area contributed by atoms with Gasteiger partial charge in [-0.1, -0.05) is 0 Å². The highest BCUT2D eigenvalue weighted by Gasteiger charge is 2.17. The van der Waals surface area contributed by atoms with E-state index in [1.165, 1.54) is 0 Å². The van der Waals surface area contributed by atoms with Gasteiger partial charge in [-0.15, -0.1) is 0 Å². The number of anilines is 1. The average molecular weight is 192 g/mol. The lowest BCUT2D eigenvalue weighted by atomic mass is 10.1. The Morgan fingerprint density at radius 1 is 1.57 bits per heavy atom. The third kappa shape index (κ3) is 2.01. The molecule has 14 heavy (non-hydrogen) atoms. The van der Waals surface area contributed by atoms with E-state index < -0.39 is 0 Å². The highest BCUT2D eigenvalue weighted by molar-refractivity contribution is 5.38. The molecule has 1 saturated heterocycles. The predicted molar refractivity (Wildman–Crippen MR) is 56.2 cm³/mol. The van der Waals surface area contributed by atoms with Crippen LogP contribution in [0.15, 0.2) is 12.3 Å². The van der Waals surface area contributed by atoms with Crippen LogP contribution in [-0.2, 0) is 0 Å².